The average Bonchev–Trinajstić information content (AvgIpc) is 2.63. The first-order chi connectivity index (χ1) is 7.79. The van der Waals surface area contributed by atoms with E-state index in [0.717, 1.165) is 0 Å². The lowest BCUT2D eigenvalue weighted by Crippen LogP contribution is -2.33. The van der Waals surface area contributed by atoms with Crippen molar-refractivity contribution in [2.75, 3.05) is 6.61 Å². The van der Waals surface area contributed by atoms with Crippen molar-refractivity contribution in [3.05, 3.63) is 0 Å². The van der Waals surface area contributed by atoms with E-state index >= 15 is 0 Å². The summed E-state index contributed by atoms with van der Waals surface area (Å²) in [5, 5.41) is 8.68. The zero-order valence-electron chi connectivity index (χ0n) is 8.79. The Balaban J connectivity index is 2.28. The minimum Gasteiger partial charge on any atom is -0.481 e. The third-order valence-corrected chi connectivity index (χ3v) is 2.56. The van der Waals surface area contributed by atoms with Crippen molar-refractivity contribution in [2.45, 2.75) is 25.4 Å². The van der Waals surface area contributed by atoms with Gasteiger partial charge in [0.2, 0.25) is 5.91 Å². The van der Waals surface area contributed by atoms with Crippen LogP contribution in [0.1, 0.15) is 19.3 Å². The highest BCUT2D eigenvalue weighted by Gasteiger charge is 2.34. The molecule has 1 fully saturated rings. The summed E-state index contributed by atoms with van der Waals surface area (Å²) in [5.41, 5.74) is 1.69. The van der Waals surface area contributed by atoms with Crippen LogP contribution in [0, 0.1) is 11.8 Å². The number of halogens is 3. The lowest BCUT2D eigenvalue weighted by Gasteiger charge is -2.11. The average molecular weight is 255 g/mol. The standard InChI is InChI=1S/C9H12F3NO4/c10-9(11,12)4-17-13-7(14)5-1-2-6(3-5)8(15)16/h5-6H,1-4H2,(H,13,14)(H,15,16)/t5-,6+/m0/s1. The smallest absolute Gasteiger partial charge is 0.414 e. The zero-order valence-corrected chi connectivity index (χ0v) is 8.79. The molecule has 98 valence electrons. The number of amides is 1. The highest BCUT2D eigenvalue weighted by molar-refractivity contribution is 5.80. The third-order valence-electron chi connectivity index (χ3n) is 2.56. The predicted octanol–water partition coefficient (Wildman–Crippen LogP) is 1.10. The molecular formula is C9H12F3NO4. The minimum atomic E-state index is -4.51. The van der Waals surface area contributed by atoms with Crippen LogP contribution in [0.15, 0.2) is 0 Å². The summed E-state index contributed by atoms with van der Waals surface area (Å²) in [6.07, 6.45) is -3.67. The highest BCUT2D eigenvalue weighted by Crippen LogP contribution is 2.31. The van der Waals surface area contributed by atoms with Crippen molar-refractivity contribution in [1.82, 2.24) is 5.48 Å². The monoisotopic (exact) mass is 255 g/mol. The minimum absolute atomic E-state index is 0.135. The van der Waals surface area contributed by atoms with Gasteiger partial charge < -0.3 is 5.11 Å². The van der Waals surface area contributed by atoms with Gasteiger partial charge in [-0.15, -0.1) is 0 Å². The largest absolute Gasteiger partial charge is 0.481 e. The Labute approximate surface area is 94.9 Å². The lowest BCUT2D eigenvalue weighted by molar-refractivity contribution is -0.192. The molecule has 5 nitrogen and oxygen atoms in total. The van der Waals surface area contributed by atoms with Gasteiger partial charge in [0.05, 0.1) is 5.92 Å². The number of carbonyl (C=O) groups excluding carboxylic acids is 1. The van der Waals surface area contributed by atoms with E-state index in [9.17, 15) is 22.8 Å². The van der Waals surface area contributed by atoms with Gasteiger partial charge in [-0.25, -0.2) is 5.48 Å². The summed E-state index contributed by atoms with van der Waals surface area (Å²) in [4.78, 5) is 25.9. The summed E-state index contributed by atoms with van der Waals surface area (Å²) < 4.78 is 35.1. The van der Waals surface area contributed by atoms with Gasteiger partial charge in [0.25, 0.3) is 0 Å². The van der Waals surface area contributed by atoms with Gasteiger partial charge in [-0.2, -0.15) is 13.2 Å². The molecule has 17 heavy (non-hydrogen) atoms. The number of carboxylic acid groups (broad SMARTS) is 1. The molecule has 8 heteroatoms. The molecule has 0 saturated heterocycles. The van der Waals surface area contributed by atoms with Crippen LogP contribution >= 0.6 is 0 Å². The van der Waals surface area contributed by atoms with Crippen molar-refractivity contribution in [3.63, 3.8) is 0 Å². The Morgan fingerprint density at radius 1 is 1.29 bits per heavy atom. The van der Waals surface area contributed by atoms with Crippen molar-refractivity contribution in [1.29, 1.82) is 0 Å². The molecule has 2 N–H and O–H groups in total. The van der Waals surface area contributed by atoms with Gasteiger partial charge in [-0.05, 0) is 19.3 Å². The fraction of sp³-hybridized carbons (Fsp3) is 0.778. The van der Waals surface area contributed by atoms with Crippen LogP contribution in [0.4, 0.5) is 13.2 Å². The van der Waals surface area contributed by atoms with E-state index in [1.54, 1.807) is 5.48 Å². The Morgan fingerprint density at radius 3 is 2.35 bits per heavy atom. The number of hydroxylamine groups is 1. The number of hydrogen-bond acceptors (Lipinski definition) is 3. The maximum absolute atomic E-state index is 11.7. The number of carbonyl (C=O) groups is 2. The van der Waals surface area contributed by atoms with E-state index in [1.165, 1.54) is 0 Å². The Hall–Kier alpha value is -1.31. The fourth-order valence-corrected chi connectivity index (χ4v) is 1.72. The van der Waals surface area contributed by atoms with Crippen LogP contribution in [-0.4, -0.2) is 29.8 Å². The van der Waals surface area contributed by atoms with Crippen molar-refractivity contribution in [2.24, 2.45) is 11.8 Å². The molecule has 0 unspecified atom stereocenters. The number of nitrogens with one attached hydrogen (secondary N) is 1. The number of rotatable bonds is 4. The zero-order chi connectivity index (χ0) is 13.1. The number of hydrogen-bond donors (Lipinski definition) is 2. The summed E-state index contributed by atoms with van der Waals surface area (Å²) >= 11 is 0. The first-order valence-corrected chi connectivity index (χ1v) is 5.01. The molecule has 1 aliphatic rings. The van der Waals surface area contributed by atoms with Gasteiger partial charge in [0.1, 0.15) is 0 Å². The van der Waals surface area contributed by atoms with Gasteiger partial charge in [0.15, 0.2) is 6.61 Å². The third kappa shape index (κ3) is 4.59. The van der Waals surface area contributed by atoms with Crippen molar-refractivity contribution in [3.8, 4) is 0 Å². The van der Waals surface area contributed by atoms with E-state index in [-0.39, 0.29) is 6.42 Å². The molecule has 0 bridgehead atoms. The first kappa shape index (κ1) is 13.8. The van der Waals surface area contributed by atoms with Gasteiger partial charge in [-0.3, -0.25) is 14.4 Å². The van der Waals surface area contributed by atoms with Crippen LogP contribution in [0.2, 0.25) is 0 Å². The lowest BCUT2D eigenvalue weighted by atomic mass is 10.1. The Morgan fingerprint density at radius 2 is 1.88 bits per heavy atom. The van der Waals surface area contributed by atoms with E-state index < -0.39 is 36.5 Å². The second kappa shape index (κ2) is 5.35. The predicted molar refractivity (Wildman–Crippen MR) is 48.6 cm³/mol. The van der Waals surface area contributed by atoms with Gasteiger partial charge in [0, 0.05) is 5.92 Å². The van der Waals surface area contributed by atoms with Crippen molar-refractivity contribution >= 4 is 11.9 Å². The van der Waals surface area contributed by atoms with E-state index in [1.807, 2.05) is 0 Å². The Kier molecular flexibility index (Phi) is 4.33. The molecule has 1 saturated carbocycles. The molecule has 0 spiro atoms. The summed E-state index contributed by atoms with van der Waals surface area (Å²) in [6.45, 7) is -1.56. The normalized spacial score (nSPS) is 24.6. The van der Waals surface area contributed by atoms with Crippen LogP contribution in [0.5, 0.6) is 0 Å². The van der Waals surface area contributed by atoms with Gasteiger partial charge in [-0.1, -0.05) is 0 Å². The molecule has 1 rings (SSSR count). The topological polar surface area (TPSA) is 75.6 Å². The quantitative estimate of drug-likeness (QED) is 0.737. The maximum Gasteiger partial charge on any atom is 0.414 e. The summed E-state index contributed by atoms with van der Waals surface area (Å²) in [5.74, 6) is -2.88. The SMILES string of the molecule is O=C(O)[C@@H]1CC[C@H](C(=O)NOCC(F)(F)F)C1. The van der Waals surface area contributed by atoms with Crippen LogP contribution in [0.3, 0.4) is 0 Å². The second-order valence-corrected chi connectivity index (χ2v) is 3.92. The molecule has 0 heterocycles. The number of aliphatic carboxylic acids is 1. The van der Waals surface area contributed by atoms with E-state index in [0.29, 0.717) is 12.8 Å². The molecule has 1 aliphatic carbocycles. The molecule has 0 aromatic rings. The maximum atomic E-state index is 11.7. The van der Waals surface area contributed by atoms with Crippen LogP contribution in [0.25, 0.3) is 0 Å². The second-order valence-electron chi connectivity index (χ2n) is 3.92. The highest BCUT2D eigenvalue weighted by atomic mass is 19.4. The molecule has 2 atom stereocenters. The van der Waals surface area contributed by atoms with E-state index in [2.05, 4.69) is 4.84 Å². The Bertz CT molecular complexity index is 305. The fourth-order valence-electron chi connectivity index (χ4n) is 1.72. The molecule has 0 radical (unpaired) electrons. The molecule has 0 aliphatic heterocycles. The molecule has 1 amide bonds. The molecular weight excluding hydrogens is 243 g/mol. The first-order valence-electron chi connectivity index (χ1n) is 5.01. The number of carboxylic acids is 1. The van der Waals surface area contributed by atoms with E-state index in [4.69, 9.17) is 5.11 Å². The van der Waals surface area contributed by atoms with Crippen LogP contribution in [-0.2, 0) is 14.4 Å². The molecule has 0 aromatic carbocycles. The van der Waals surface area contributed by atoms with Crippen LogP contribution < -0.4 is 5.48 Å². The summed E-state index contributed by atoms with van der Waals surface area (Å²) in [6, 6.07) is 0. The summed E-state index contributed by atoms with van der Waals surface area (Å²) in [7, 11) is 0. The number of alkyl halides is 3. The van der Waals surface area contributed by atoms with Crippen molar-refractivity contribution < 1.29 is 32.7 Å². The molecule has 0 aromatic heterocycles. The van der Waals surface area contributed by atoms with Gasteiger partial charge >= 0.3 is 12.1 Å².